The van der Waals surface area contributed by atoms with Crippen molar-refractivity contribution in [2.75, 3.05) is 0 Å². The van der Waals surface area contributed by atoms with Gasteiger partial charge in [-0.25, -0.2) is 4.21 Å². The lowest BCUT2D eigenvalue weighted by Crippen LogP contribution is -2.20. The van der Waals surface area contributed by atoms with E-state index in [0.717, 1.165) is 24.4 Å². The number of halogens is 4. The molecule has 0 fully saturated rings. The van der Waals surface area contributed by atoms with Gasteiger partial charge in [0.2, 0.25) is 0 Å². The number of nitrogens with zero attached hydrogens (tertiary/aromatic N) is 1. The third-order valence-electron chi connectivity index (χ3n) is 2.13. The number of alkyl halides is 3. The number of hydrogen-bond donors (Lipinski definition) is 0. The highest BCUT2D eigenvalue weighted by atomic mass is 35.5. The van der Waals surface area contributed by atoms with Crippen molar-refractivity contribution in [3.05, 3.63) is 34.3 Å². The van der Waals surface area contributed by atoms with Crippen LogP contribution in [0.1, 0.15) is 31.9 Å². The molecule has 1 aromatic rings. The Kier molecular flexibility index (Phi) is 4.79. The first kappa shape index (κ1) is 16.2. The predicted octanol–water partition coefficient (Wildman–Crippen LogP) is 4.24. The summed E-state index contributed by atoms with van der Waals surface area (Å²) in [5.41, 5.74) is -1.05. The molecule has 0 spiro atoms. The first-order chi connectivity index (χ1) is 8.51. The molecule has 0 aliphatic carbocycles. The molecule has 106 valence electrons. The maximum atomic E-state index is 12.8. The smallest absolute Gasteiger partial charge is 0.234 e. The number of hydrogen-bond acceptors (Lipinski definition) is 1. The fraction of sp³-hybridized carbons (Fsp3) is 0.417. The van der Waals surface area contributed by atoms with Crippen molar-refractivity contribution in [2.24, 2.45) is 4.40 Å². The highest BCUT2D eigenvalue weighted by molar-refractivity contribution is 7.85. The lowest BCUT2D eigenvalue weighted by atomic mass is 10.1. The van der Waals surface area contributed by atoms with E-state index in [1.165, 1.54) is 0 Å². The fourth-order valence-electron chi connectivity index (χ4n) is 1.16. The summed E-state index contributed by atoms with van der Waals surface area (Å²) in [4.78, 5) is 0. The van der Waals surface area contributed by atoms with Gasteiger partial charge in [0.15, 0.2) is 0 Å². The van der Waals surface area contributed by atoms with Crippen LogP contribution in [0.3, 0.4) is 0 Å². The highest BCUT2D eigenvalue weighted by Crippen LogP contribution is 2.32. The van der Waals surface area contributed by atoms with Crippen LogP contribution in [-0.4, -0.2) is 15.2 Å². The van der Waals surface area contributed by atoms with Crippen LogP contribution in [0.15, 0.2) is 22.6 Å². The fourth-order valence-corrected chi connectivity index (χ4v) is 1.87. The highest BCUT2D eigenvalue weighted by Gasteiger charge is 2.33. The van der Waals surface area contributed by atoms with E-state index < -0.39 is 27.5 Å². The summed E-state index contributed by atoms with van der Waals surface area (Å²) < 4.78 is 53.0. The summed E-state index contributed by atoms with van der Waals surface area (Å²) in [6.45, 7) is 5.05. The van der Waals surface area contributed by atoms with Gasteiger partial charge in [-0.2, -0.15) is 17.6 Å². The minimum absolute atomic E-state index is 0.163. The molecular formula is C12H13ClF3NOS. The molecule has 0 aliphatic heterocycles. The van der Waals surface area contributed by atoms with Crippen LogP contribution in [0, 0.1) is 0 Å². The molecule has 0 heterocycles. The quantitative estimate of drug-likeness (QED) is 0.751. The van der Waals surface area contributed by atoms with Crippen molar-refractivity contribution in [1.29, 1.82) is 0 Å². The molecule has 0 saturated carbocycles. The van der Waals surface area contributed by atoms with Crippen molar-refractivity contribution in [3.8, 4) is 0 Å². The van der Waals surface area contributed by atoms with Gasteiger partial charge in [0, 0.05) is 16.8 Å². The molecule has 2 nitrogen and oxygen atoms in total. The zero-order chi connectivity index (χ0) is 14.8. The molecular weight excluding hydrogens is 299 g/mol. The van der Waals surface area contributed by atoms with Crippen LogP contribution in [0.25, 0.3) is 0 Å². The van der Waals surface area contributed by atoms with E-state index in [2.05, 4.69) is 4.40 Å². The van der Waals surface area contributed by atoms with Gasteiger partial charge in [-0.1, -0.05) is 11.6 Å². The second kappa shape index (κ2) is 5.63. The Balaban J connectivity index is 3.17. The van der Waals surface area contributed by atoms with Crippen molar-refractivity contribution in [2.45, 2.75) is 31.7 Å². The Hall–Kier alpha value is -0.880. The van der Waals surface area contributed by atoms with Crippen molar-refractivity contribution >= 4 is 28.8 Å². The Morgan fingerprint density at radius 3 is 2.32 bits per heavy atom. The van der Waals surface area contributed by atoms with Gasteiger partial charge in [0.05, 0.1) is 10.3 Å². The zero-order valence-corrected chi connectivity index (χ0v) is 12.2. The second-order valence-corrected chi connectivity index (χ2v) is 7.20. The summed E-state index contributed by atoms with van der Waals surface area (Å²) in [6, 6.07) is 3.18. The van der Waals surface area contributed by atoms with Crippen LogP contribution in [-0.2, 0) is 17.2 Å². The molecule has 0 N–H and O–H groups in total. The molecule has 1 rings (SSSR count). The van der Waals surface area contributed by atoms with Crippen LogP contribution in [0.4, 0.5) is 13.2 Å². The average molecular weight is 312 g/mol. The average Bonchev–Trinajstić information content (AvgIpc) is 2.22. The molecule has 1 atom stereocenters. The van der Waals surface area contributed by atoms with Crippen LogP contribution < -0.4 is 0 Å². The SMILES string of the molecule is CC(C)(C)[S@@](=O)/N=C/c1cc(Cl)ccc1C(F)(F)F. The lowest BCUT2D eigenvalue weighted by Gasteiger charge is -2.13. The Labute approximate surface area is 117 Å². The largest absolute Gasteiger partial charge is 0.417 e. The van der Waals surface area contributed by atoms with Gasteiger partial charge >= 0.3 is 6.18 Å². The lowest BCUT2D eigenvalue weighted by molar-refractivity contribution is -0.137. The van der Waals surface area contributed by atoms with Gasteiger partial charge in [-0.05, 0) is 39.0 Å². The molecule has 0 aliphatic rings. The standard InChI is InChI=1S/C12H13ClF3NOS/c1-11(2,3)19(18)17-7-8-6-9(13)4-5-10(8)12(14,15)16/h4-7H,1-3H3/b17-7+/t19-/m1/s1. The van der Waals surface area contributed by atoms with E-state index in [1.54, 1.807) is 20.8 Å². The van der Waals surface area contributed by atoms with Crippen LogP contribution in [0.5, 0.6) is 0 Å². The molecule has 0 saturated heterocycles. The van der Waals surface area contributed by atoms with Crippen molar-refractivity contribution in [3.63, 3.8) is 0 Å². The predicted molar refractivity (Wildman–Crippen MR) is 71.9 cm³/mol. The van der Waals surface area contributed by atoms with Crippen LogP contribution >= 0.6 is 11.6 Å². The van der Waals surface area contributed by atoms with E-state index in [-0.39, 0.29) is 10.6 Å². The summed E-state index contributed by atoms with van der Waals surface area (Å²) in [6.07, 6.45) is -3.55. The van der Waals surface area contributed by atoms with Gasteiger partial charge in [0.1, 0.15) is 11.0 Å². The second-order valence-electron chi connectivity index (χ2n) is 4.83. The normalized spacial score (nSPS) is 14.9. The zero-order valence-electron chi connectivity index (χ0n) is 10.6. The summed E-state index contributed by atoms with van der Waals surface area (Å²) in [5.74, 6) is 0. The van der Waals surface area contributed by atoms with Crippen LogP contribution in [0.2, 0.25) is 5.02 Å². The van der Waals surface area contributed by atoms with E-state index in [4.69, 9.17) is 11.6 Å². The first-order valence-electron chi connectivity index (χ1n) is 5.34. The number of rotatable bonds is 2. The summed E-state index contributed by atoms with van der Waals surface area (Å²) in [5, 5.41) is 0.163. The van der Waals surface area contributed by atoms with Gasteiger partial charge in [0.25, 0.3) is 0 Å². The molecule has 19 heavy (non-hydrogen) atoms. The number of benzene rings is 1. The van der Waals surface area contributed by atoms with E-state index in [0.29, 0.717) is 0 Å². The molecule has 0 bridgehead atoms. The minimum atomic E-state index is -4.50. The minimum Gasteiger partial charge on any atom is -0.234 e. The Bertz CT molecular complexity index is 521. The summed E-state index contributed by atoms with van der Waals surface area (Å²) >= 11 is 5.67. The van der Waals surface area contributed by atoms with Gasteiger partial charge in [-0.3, -0.25) is 0 Å². The van der Waals surface area contributed by atoms with Crippen molar-refractivity contribution < 1.29 is 17.4 Å². The van der Waals surface area contributed by atoms with E-state index in [1.807, 2.05) is 0 Å². The maximum Gasteiger partial charge on any atom is 0.417 e. The van der Waals surface area contributed by atoms with Gasteiger partial charge < -0.3 is 0 Å². The molecule has 0 radical (unpaired) electrons. The summed E-state index contributed by atoms with van der Waals surface area (Å²) in [7, 11) is -1.62. The maximum absolute atomic E-state index is 12.8. The molecule has 0 unspecified atom stereocenters. The molecule has 1 aromatic carbocycles. The van der Waals surface area contributed by atoms with E-state index >= 15 is 0 Å². The third kappa shape index (κ3) is 4.62. The third-order valence-corrected chi connectivity index (χ3v) is 3.71. The van der Waals surface area contributed by atoms with Crippen molar-refractivity contribution in [1.82, 2.24) is 0 Å². The topological polar surface area (TPSA) is 29.4 Å². The Morgan fingerprint density at radius 2 is 1.84 bits per heavy atom. The molecule has 7 heteroatoms. The molecule has 0 amide bonds. The van der Waals surface area contributed by atoms with E-state index in [9.17, 15) is 17.4 Å². The van der Waals surface area contributed by atoms with Gasteiger partial charge in [-0.15, -0.1) is 0 Å². The molecule has 0 aromatic heterocycles. The first-order valence-corrected chi connectivity index (χ1v) is 6.83. The monoisotopic (exact) mass is 311 g/mol. The Morgan fingerprint density at radius 1 is 1.26 bits per heavy atom.